The standard InChI is InChI=1S/C34H42N4O4/c1-25-11-13-26(14-12-25)30-22-29(35-36(30)2)33(40)37-19-16-34(17-20-37)15-5-6-21-41-23-27-8-7-18-38(27)32(39)28-9-3-4-10-31(28)42-24-34/h3-4,9-14,22,27H,5-8,15-21,23-24H2,1-2H3/t27-/m0/s1. The molecule has 2 saturated heterocycles. The molecule has 3 aromatic rings. The van der Waals surface area contributed by atoms with Crippen LogP contribution in [-0.2, 0) is 11.8 Å². The number of carbonyl (C=O) groups excluding carboxylic acids is 2. The Labute approximate surface area is 248 Å². The number of piperidine rings is 1. The van der Waals surface area contributed by atoms with E-state index in [1.807, 2.05) is 47.2 Å². The maximum Gasteiger partial charge on any atom is 0.274 e. The Bertz CT molecular complexity index is 1410. The Balaban J connectivity index is 1.16. The summed E-state index contributed by atoms with van der Waals surface area (Å²) in [4.78, 5) is 31.0. The number of ether oxygens (including phenoxy) is 2. The topological polar surface area (TPSA) is 76.9 Å². The van der Waals surface area contributed by atoms with Gasteiger partial charge < -0.3 is 19.3 Å². The molecule has 0 aliphatic carbocycles. The number of aromatic nitrogens is 2. The zero-order valence-corrected chi connectivity index (χ0v) is 24.9. The molecule has 2 amide bonds. The van der Waals surface area contributed by atoms with Gasteiger partial charge in [0.15, 0.2) is 5.69 Å². The smallest absolute Gasteiger partial charge is 0.274 e. The molecule has 0 N–H and O–H groups in total. The molecule has 8 heteroatoms. The van der Waals surface area contributed by atoms with E-state index in [0.717, 1.165) is 62.7 Å². The van der Waals surface area contributed by atoms with Gasteiger partial charge in [-0.2, -0.15) is 5.10 Å². The summed E-state index contributed by atoms with van der Waals surface area (Å²) in [5.74, 6) is 0.662. The maximum absolute atomic E-state index is 13.6. The van der Waals surface area contributed by atoms with Gasteiger partial charge >= 0.3 is 0 Å². The summed E-state index contributed by atoms with van der Waals surface area (Å²) in [6.07, 6.45) is 6.73. The predicted octanol–water partition coefficient (Wildman–Crippen LogP) is 5.50. The Kier molecular flexibility index (Phi) is 8.34. The summed E-state index contributed by atoms with van der Waals surface area (Å²) >= 11 is 0. The minimum Gasteiger partial charge on any atom is -0.492 e. The summed E-state index contributed by atoms with van der Waals surface area (Å²) in [5.41, 5.74) is 4.22. The van der Waals surface area contributed by atoms with Gasteiger partial charge in [0.2, 0.25) is 0 Å². The monoisotopic (exact) mass is 570 g/mol. The lowest BCUT2D eigenvalue weighted by atomic mass is 9.75. The number of para-hydroxylation sites is 1. The second-order valence-electron chi connectivity index (χ2n) is 12.3. The Morgan fingerprint density at radius 1 is 0.976 bits per heavy atom. The van der Waals surface area contributed by atoms with Crippen molar-refractivity contribution in [1.29, 1.82) is 0 Å². The third kappa shape index (κ3) is 5.95. The highest BCUT2D eigenvalue weighted by Gasteiger charge is 2.38. The molecule has 3 aliphatic heterocycles. The van der Waals surface area contributed by atoms with Crippen LogP contribution < -0.4 is 4.74 Å². The maximum atomic E-state index is 13.6. The minimum atomic E-state index is -0.0651. The van der Waals surface area contributed by atoms with Crippen LogP contribution in [0.4, 0.5) is 0 Å². The van der Waals surface area contributed by atoms with Crippen molar-refractivity contribution in [2.75, 3.05) is 39.5 Å². The molecule has 222 valence electrons. The van der Waals surface area contributed by atoms with E-state index in [1.165, 1.54) is 5.56 Å². The summed E-state index contributed by atoms with van der Waals surface area (Å²) in [5, 5.41) is 4.58. The molecule has 0 radical (unpaired) electrons. The highest BCUT2D eigenvalue weighted by Crippen LogP contribution is 2.39. The van der Waals surface area contributed by atoms with Crippen molar-refractivity contribution < 1.29 is 19.1 Å². The molecule has 4 heterocycles. The first-order valence-electron chi connectivity index (χ1n) is 15.4. The Hall–Kier alpha value is -3.65. The van der Waals surface area contributed by atoms with Crippen molar-refractivity contribution in [1.82, 2.24) is 19.6 Å². The quantitative estimate of drug-likeness (QED) is 0.407. The van der Waals surface area contributed by atoms with E-state index < -0.39 is 0 Å². The molecular formula is C34H42N4O4. The third-order valence-electron chi connectivity index (χ3n) is 9.40. The molecule has 0 saturated carbocycles. The first-order valence-corrected chi connectivity index (χ1v) is 15.4. The first kappa shape index (κ1) is 28.5. The van der Waals surface area contributed by atoms with Gasteiger partial charge in [0.05, 0.1) is 30.5 Å². The van der Waals surface area contributed by atoms with Gasteiger partial charge in [-0.25, -0.2) is 0 Å². The van der Waals surface area contributed by atoms with Gasteiger partial charge in [0.25, 0.3) is 11.8 Å². The molecule has 2 aromatic carbocycles. The van der Waals surface area contributed by atoms with E-state index >= 15 is 0 Å². The van der Waals surface area contributed by atoms with Gasteiger partial charge in [-0.15, -0.1) is 0 Å². The van der Waals surface area contributed by atoms with Crippen LogP contribution in [0.25, 0.3) is 11.3 Å². The molecule has 8 nitrogen and oxygen atoms in total. The van der Waals surface area contributed by atoms with Crippen LogP contribution in [0, 0.1) is 12.3 Å². The molecule has 3 aliphatic rings. The summed E-state index contributed by atoms with van der Waals surface area (Å²) in [6, 6.07) is 18.0. The number of hydrogen-bond acceptors (Lipinski definition) is 5. The Morgan fingerprint density at radius 3 is 2.57 bits per heavy atom. The van der Waals surface area contributed by atoms with Gasteiger partial charge in [-0.1, -0.05) is 48.4 Å². The fourth-order valence-electron chi connectivity index (χ4n) is 6.73. The number of carbonyl (C=O) groups is 2. The number of nitrogens with zero attached hydrogens (tertiary/aromatic N) is 4. The van der Waals surface area contributed by atoms with Crippen molar-refractivity contribution in [3.8, 4) is 17.0 Å². The van der Waals surface area contributed by atoms with E-state index in [9.17, 15) is 9.59 Å². The molecule has 6 rings (SSSR count). The van der Waals surface area contributed by atoms with E-state index in [1.54, 1.807) is 4.68 Å². The van der Waals surface area contributed by atoms with Crippen molar-refractivity contribution in [2.45, 2.75) is 57.9 Å². The molecule has 2 fully saturated rings. The van der Waals surface area contributed by atoms with Gasteiger partial charge in [0, 0.05) is 38.7 Å². The molecule has 0 unspecified atom stereocenters. The molecule has 42 heavy (non-hydrogen) atoms. The van der Waals surface area contributed by atoms with Crippen LogP contribution in [0.15, 0.2) is 54.6 Å². The molecule has 0 bridgehead atoms. The fourth-order valence-corrected chi connectivity index (χ4v) is 6.73. The normalized spacial score (nSPS) is 21.4. The van der Waals surface area contributed by atoms with Crippen molar-refractivity contribution >= 4 is 11.8 Å². The average Bonchev–Trinajstić information content (AvgIpc) is 3.64. The molecular weight excluding hydrogens is 528 g/mol. The van der Waals surface area contributed by atoms with Crippen molar-refractivity contribution in [3.05, 3.63) is 71.4 Å². The SMILES string of the molecule is Cc1ccc(-c2cc(C(=O)N3CCC4(CCCCOC[C@@H]5CCCN5C(=O)c5ccccc5OC4)CC3)nn2C)cc1. The Morgan fingerprint density at radius 2 is 1.76 bits per heavy atom. The van der Waals surface area contributed by atoms with Gasteiger partial charge in [-0.05, 0) is 69.2 Å². The number of fused-ring (bicyclic) bond motifs is 2. The fraction of sp³-hybridized carbons (Fsp3) is 0.500. The molecule has 1 aromatic heterocycles. The lowest BCUT2D eigenvalue weighted by Gasteiger charge is -2.42. The minimum absolute atomic E-state index is 0.0230. The van der Waals surface area contributed by atoms with Crippen LogP contribution in [0.2, 0.25) is 0 Å². The average molecular weight is 571 g/mol. The second kappa shape index (κ2) is 12.3. The zero-order chi connectivity index (χ0) is 29.1. The highest BCUT2D eigenvalue weighted by molar-refractivity contribution is 5.97. The van der Waals surface area contributed by atoms with Gasteiger partial charge in [0.1, 0.15) is 5.75 Å². The summed E-state index contributed by atoms with van der Waals surface area (Å²) < 4.78 is 14.4. The zero-order valence-electron chi connectivity index (χ0n) is 24.9. The number of amides is 2. The number of likely N-dealkylation sites (tertiary alicyclic amines) is 1. The predicted molar refractivity (Wildman–Crippen MR) is 162 cm³/mol. The van der Waals surface area contributed by atoms with E-state index in [4.69, 9.17) is 9.47 Å². The third-order valence-corrected chi connectivity index (χ3v) is 9.40. The highest BCUT2D eigenvalue weighted by atomic mass is 16.5. The van der Waals surface area contributed by atoms with Crippen molar-refractivity contribution in [3.63, 3.8) is 0 Å². The number of hydrogen-bond donors (Lipinski definition) is 0. The number of aryl methyl sites for hydroxylation is 2. The lowest BCUT2D eigenvalue weighted by Crippen LogP contribution is -2.46. The first-order chi connectivity index (χ1) is 20.4. The molecule has 1 spiro atoms. The number of benzene rings is 2. The lowest BCUT2D eigenvalue weighted by molar-refractivity contribution is 0.0300. The van der Waals surface area contributed by atoms with Crippen LogP contribution in [0.3, 0.4) is 0 Å². The number of rotatable bonds is 2. The van der Waals surface area contributed by atoms with Crippen LogP contribution >= 0.6 is 0 Å². The largest absolute Gasteiger partial charge is 0.492 e. The van der Waals surface area contributed by atoms with Gasteiger partial charge in [-0.3, -0.25) is 14.3 Å². The van der Waals surface area contributed by atoms with Crippen LogP contribution in [0.1, 0.15) is 71.4 Å². The molecule has 1 atom stereocenters. The van der Waals surface area contributed by atoms with E-state index in [-0.39, 0.29) is 23.3 Å². The van der Waals surface area contributed by atoms with E-state index in [2.05, 4.69) is 36.3 Å². The van der Waals surface area contributed by atoms with Crippen LogP contribution in [-0.4, -0.2) is 76.9 Å². The summed E-state index contributed by atoms with van der Waals surface area (Å²) in [6.45, 7) is 5.98. The van der Waals surface area contributed by atoms with Crippen LogP contribution in [0.5, 0.6) is 5.75 Å². The second-order valence-corrected chi connectivity index (χ2v) is 12.3. The summed E-state index contributed by atoms with van der Waals surface area (Å²) in [7, 11) is 1.89. The van der Waals surface area contributed by atoms with E-state index in [0.29, 0.717) is 49.9 Å². The van der Waals surface area contributed by atoms with Crippen molar-refractivity contribution in [2.24, 2.45) is 12.5 Å².